The fourth-order valence-electron chi connectivity index (χ4n) is 3.06. The minimum absolute atomic E-state index is 0.154. The van der Waals surface area contributed by atoms with Crippen molar-refractivity contribution in [3.8, 4) is 5.75 Å². The second-order valence-electron chi connectivity index (χ2n) is 5.55. The van der Waals surface area contributed by atoms with Crippen molar-refractivity contribution < 1.29 is 9.53 Å². The molecule has 0 atom stereocenters. The van der Waals surface area contributed by atoms with Crippen molar-refractivity contribution in [3.63, 3.8) is 0 Å². The van der Waals surface area contributed by atoms with Crippen LogP contribution in [0.1, 0.15) is 42.7 Å². The fraction of sp³-hybridized carbons (Fsp3) is 0.500. The van der Waals surface area contributed by atoms with Crippen LogP contribution in [-0.4, -0.2) is 22.4 Å². The van der Waals surface area contributed by atoms with Crippen LogP contribution in [0.15, 0.2) is 18.2 Å². The van der Waals surface area contributed by atoms with Crippen LogP contribution in [0.5, 0.6) is 5.75 Å². The fourth-order valence-corrected chi connectivity index (χ4v) is 3.06. The number of hydrogen-bond donors (Lipinski definition) is 0. The highest BCUT2D eigenvalue weighted by atomic mass is 16.5. The van der Waals surface area contributed by atoms with Gasteiger partial charge in [-0.1, -0.05) is 19.3 Å². The van der Waals surface area contributed by atoms with Gasteiger partial charge in [-0.2, -0.15) is 0 Å². The van der Waals surface area contributed by atoms with Gasteiger partial charge in [-0.25, -0.2) is 4.98 Å². The molecule has 0 saturated heterocycles. The molecule has 0 unspecified atom stereocenters. The molecule has 1 aromatic heterocycles. The Kier molecular flexibility index (Phi) is 3.47. The molecule has 0 N–H and O–H groups in total. The van der Waals surface area contributed by atoms with Crippen LogP contribution < -0.4 is 4.74 Å². The Hall–Kier alpha value is -1.84. The Morgan fingerprint density at radius 2 is 2.05 bits per heavy atom. The Morgan fingerprint density at radius 1 is 1.30 bits per heavy atom. The third-order valence-corrected chi connectivity index (χ3v) is 4.28. The van der Waals surface area contributed by atoms with Gasteiger partial charge < -0.3 is 9.30 Å². The van der Waals surface area contributed by atoms with E-state index in [0.29, 0.717) is 5.82 Å². The van der Waals surface area contributed by atoms with Gasteiger partial charge in [0.05, 0.1) is 18.1 Å². The molecule has 0 aliphatic heterocycles. The molecular formula is C16H20N2O2. The highest BCUT2D eigenvalue weighted by molar-refractivity contribution is 5.98. The van der Waals surface area contributed by atoms with E-state index in [1.54, 1.807) is 7.11 Å². The zero-order chi connectivity index (χ0) is 14.1. The number of rotatable bonds is 3. The highest BCUT2D eigenvalue weighted by Crippen LogP contribution is 2.28. The Bertz CT molecular complexity index is 639. The number of ether oxygens (including phenoxy) is 1. The lowest BCUT2D eigenvalue weighted by Gasteiger charge is -2.19. The predicted molar refractivity (Wildman–Crippen MR) is 78.2 cm³/mol. The standard InChI is InChI=1S/C16H20N2O2/c1-18-14-10-12(20-2)8-9-13(14)17-16(18)15(19)11-6-4-3-5-7-11/h8-11H,3-7H2,1-2H3. The highest BCUT2D eigenvalue weighted by Gasteiger charge is 2.26. The number of fused-ring (bicyclic) bond motifs is 1. The van der Waals surface area contributed by atoms with Gasteiger partial charge in [0.15, 0.2) is 5.82 Å². The van der Waals surface area contributed by atoms with Crippen molar-refractivity contribution in [1.29, 1.82) is 0 Å². The summed E-state index contributed by atoms with van der Waals surface area (Å²) in [5.74, 6) is 1.72. The second-order valence-corrected chi connectivity index (χ2v) is 5.55. The zero-order valence-electron chi connectivity index (χ0n) is 12.1. The molecule has 1 aliphatic rings. The lowest BCUT2D eigenvalue weighted by Crippen LogP contribution is -2.21. The van der Waals surface area contributed by atoms with Gasteiger partial charge in [-0.3, -0.25) is 4.79 Å². The van der Waals surface area contributed by atoms with E-state index in [2.05, 4.69) is 4.98 Å². The molecule has 1 aliphatic carbocycles. The van der Waals surface area contributed by atoms with Crippen molar-refractivity contribution >= 4 is 16.8 Å². The third-order valence-electron chi connectivity index (χ3n) is 4.28. The molecule has 4 nitrogen and oxygen atoms in total. The molecule has 0 spiro atoms. The first-order valence-corrected chi connectivity index (χ1v) is 7.25. The maximum atomic E-state index is 12.6. The van der Waals surface area contributed by atoms with E-state index in [0.717, 1.165) is 42.5 Å². The van der Waals surface area contributed by atoms with Crippen LogP contribution in [0, 0.1) is 5.92 Å². The summed E-state index contributed by atoms with van der Waals surface area (Å²) in [4.78, 5) is 17.2. The van der Waals surface area contributed by atoms with Crippen molar-refractivity contribution in [3.05, 3.63) is 24.0 Å². The number of benzene rings is 1. The minimum Gasteiger partial charge on any atom is -0.497 e. The minimum atomic E-state index is 0.154. The van der Waals surface area contributed by atoms with Crippen LogP contribution in [-0.2, 0) is 7.05 Å². The van der Waals surface area contributed by atoms with E-state index in [4.69, 9.17) is 4.74 Å². The average molecular weight is 272 g/mol. The summed E-state index contributed by atoms with van der Waals surface area (Å²) in [7, 11) is 3.55. The van der Waals surface area contributed by atoms with Crippen LogP contribution in [0.2, 0.25) is 0 Å². The first kappa shape index (κ1) is 13.2. The lowest BCUT2D eigenvalue weighted by molar-refractivity contribution is 0.0876. The van der Waals surface area contributed by atoms with Gasteiger partial charge >= 0.3 is 0 Å². The Labute approximate surface area is 118 Å². The molecule has 3 rings (SSSR count). The predicted octanol–water partition coefficient (Wildman–Crippen LogP) is 3.34. The molecule has 1 fully saturated rings. The summed E-state index contributed by atoms with van der Waals surface area (Å²) in [6.07, 6.45) is 5.59. The zero-order valence-corrected chi connectivity index (χ0v) is 12.1. The number of nitrogens with zero attached hydrogens (tertiary/aromatic N) is 2. The van der Waals surface area contributed by atoms with E-state index >= 15 is 0 Å². The number of Topliss-reactive ketones (excluding diaryl/α,β-unsaturated/α-hetero) is 1. The molecule has 4 heteroatoms. The van der Waals surface area contributed by atoms with Gasteiger partial charge in [-0.15, -0.1) is 0 Å². The van der Waals surface area contributed by atoms with Gasteiger partial charge in [0.1, 0.15) is 5.75 Å². The maximum Gasteiger partial charge on any atom is 0.201 e. The van der Waals surface area contributed by atoms with Crippen LogP contribution in [0.4, 0.5) is 0 Å². The number of aryl methyl sites for hydroxylation is 1. The molecule has 1 heterocycles. The molecule has 0 radical (unpaired) electrons. The van der Waals surface area contributed by atoms with E-state index in [9.17, 15) is 4.79 Å². The van der Waals surface area contributed by atoms with E-state index < -0.39 is 0 Å². The summed E-state index contributed by atoms with van der Waals surface area (Å²) in [6, 6.07) is 5.72. The van der Waals surface area contributed by atoms with Crippen molar-refractivity contribution in [2.24, 2.45) is 13.0 Å². The van der Waals surface area contributed by atoms with Crippen molar-refractivity contribution in [2.75, 3.05) is 7.11 Å². The molecular weight excluding hydrogens is 252 g/mol. The summed E-state index contributed by atoms with van der Waals surface area (Å²) < 4.78 is 7.13. The monoisotopic (exact) mass is 272 g/mol. The number of carbonyl (C=O) groups is 1. The van der Waals surface area contributed by atoms with E-state index in [1.807, 2.05) is 29.8 Å². The first-order chi connectivity index (χ1) is 9.70. The lowest BCUT2D eigenvalue weighted by atomic mass is 9.86. The number of hydrogen-bond acceptors (Lipinski definition) is 3. The second kappa shape index (κ2) is 5.27. The summed E-state index contributed by atoms with van der Waals surface area (Å²) in [6.45, 7) is 0. The smallest absolute Gasteiger partial charge is 0.201 e. The molecule has 1 aromatic carbocycles. The van der Waals surface area contributed by atoms with Crippen LogP contribution in [0.25, 0.3) is 11.0 Å². The molecule has 106 valence electrons. The summed E-state index contributed by atoms with van der Waals surface area (Å²) in [5, 5.41) is 0. The third kappa shape index (κ3) is 2.19. The van der Waals surface area contributed by atoms with E-state index in [-0.39, 0.29) is 11.7 Å². The molecule has 1 saturated carbocycles. The van der Waals surface area contributed by atoms with Crippen molar-refractivity contribution in [1.82, 2.24) is 9.55 Å². The molecule has 20 heavy (non-hydrogen) atoms. The number of aromatic nitrogens is 2. The van der Waals surface area contributed by atoms with Crippen LogP contribution >= 0.6 is 0 Å². The van der Waals surface area contributed by atoms with Crippen molar-refractivity contribution in [2.45, 2.75) is 32.1 Å². The number of methoxy groups -OCH3 is 1. The first-order valence-electron chi connectivity index (χ1n) is 7.25. The molecule has 0 bridgehead atoms. The van der Waals surface area contributed by atoms with Gasteiger partial charge in [0.25, 0.3) is 0 Å². The number of imidazole rings is 1. The van der Waals surface area contributed by atoms with Gasteiger partial charge in [0.2, 0.25) is 5.78 Å². The normalized spacial score (nSPS) is 16.5. The van der Waals surface area contributed by atoms with Gasteiger partial charge in [0, 0.05) is 19.0 Å². The Balaban J connectivity index is 1.98. The van der Waals surface area contributed by atoms with E-state index in [1.165, 1.54) is 6.42 Å². The SMILES string of the molecule is COc1ccc2nc(C(=O)C3CCCCC3)n(C)c2c1. The topological polar surface area (TPSA) is 44.1 Å². The maximum absolute atomic E-state index is 12.6. The number of ketones is 1. The van der Waals surface area contributed by atoms with Crippen LogP contribution in [0.3, 0.4) is 0 Å². The molecule has 0 amide bonds. The number of carbonyl (C=O) groups excluding carboxylic acids is 1. The molecule has 2 aromatic rings. The quantitative estimate of drug-likeness (QED) is 0.805. The Morgan fingerprint density at radius 3 is 2.75 bits per heavy atom. The van der Waals surface area contributed by atoms with Gasteiger partial charge in [-0.05, 0) is 25.0 Å². The largest absolute Gasteiger partial charge is 0.497 e. The summed E-state index contributed by atoms with van der Waals surface area (Å²) >= 11 is 0. The summed E-state index contributed by atoms with van der Waals surface area (Å²) in [5.41, 5.74) is 1.80. The average Bonchev–Trinajstić information content (AvgIpc) is 2.84.